The monoisotopic (exact) mass is 426 g/mol. The van der Waals surface area contributed by atoms with Gasteiger partial charge in [-0.05, 0) is 37.4 Å². The third kappa shape index (κ3) is 1.65. The summed E-state index contributed by atoms with van der Waals surface area (Å²) in [5.41, 5.74) is -3.77. The topological polar surface area (TPSA) is 99.5 Å². The number of benzene rings is 1. The fourth-order valence-electron chi connectivity index (χ4n) is 8.21. The van der Waals surface area contributed by atoms with Crippen molar-refractivity contribution in [2.75, 3.05) is 32.2 Å². The minimum atomic E-state index is -2.32. The van der Waals surface area contributed by atoms with E-state index in [9.17, 15) is 19.8 Å². The Morgan fingerprint density at radius 3 is 2.65 bits per heavy atom. The first-order chi connectivity index (χ1) is 14.9. The van der Waals surface area contributed by atoms with E-state index in [1.807, 2.05) is 36.4 Å². The molecule has 6 aliphatic rings. The summed E-state index contributed by atoms with van der Waals surface area (Å²) in [7, 11) is 2.50. The molecular weight excluding hydrogens is 400 g/mol. The predicted molar refractivity (Wildman–Crippen MR) is 109 cm³/mol. The Labute approximate surface area is 180 Å². The summed E-state index contributed by atoms with van der Waals surface area (Å²) in [5, 5.41) is 24.0. The maximum absolute atomic E-state index is 13.3. The molecule has 31 heavy (non-hydrogen) atoms. The van der Waals surface area contributed by atoms with Gasteiger partial charge in [0.2, 0.25) is 5.60 Å². The average Bonchev–Trinajstić information content (AvgIpc) is 3.33. The van der Waals surface area contributed by atoms with E-state index in [-0.39, 0.29) is 6.04 Å². The Bertz CT molecular complexity index is 1040. The molecule has 1 saturated heterocycles. The van der Waals surface area contributed by atoms with Gasteiger partial charge in [-0.3, -0.25) is 9.80 Å². The summed E-state index contributed by atoms with van der Waals surface area (Å²) in [5.74, 6) is -0.920. The molecule has 0 aromatic heterocycles. The molecule has 164 valence electrons. The summed E-state index contributed by atoms with van der Waals surface area (Å²) in [6.45, 7) is 1.47. The van der Waals surface area contributed by atoms with Crippen LogP contribution in [-0.2, 0) is 19.7 Å². The summed E-state index contributed by atoms with van der Waals surface area (Å²) in [6, 6.07) is 7.42. The fourth-order valence-corrected chi connectivity index (χ4v) is 8.21. The summed E-state index contributed by atoms with van der Waals surface area (Å²) in [6.07, 6.45) is 3.45. The lowest BCUT2D eigenvalue weighted by Gasteiger charge is -2.72. The Hall–Kier alpha value is -2.42. The van der Waals surface area contributed by atoms with Crippen LogP contribution in [0.5, 0.6) is 0 Å². The maximum Gasteiger partial charge on any atom is 0.414 e. The van der Waals surface area contributed by atoms with Crippen molar-refractivity contribution in [3.05, 3.63) is 42.0 Å². The zero-order valence-corrected chi connectivity index (χ0v) is 17.6. The van der Waals surface area contributed by atoms with Crippen molar-refractivity contribution in [1.29, 1.82) is 0 Å². The summed E-state index contributed by atoms with van der Waals surface area (Å²) in [4.78, 5) is 30.4. The zero-order chi connectivity index (χ0) is 21.8. The lowest BCUT2D eigenvalue weighted by Crippen LogP contribution is -2.90. The predicted octanol–water partition coefficient (Wildman–Crippen LogP) is 0.952. The van der Waals surface area contributed by atoms with E-state index in [2.05, 4.69) is 4.90 Å². The third-order valence-electron chi connectivity index (χ3n) is 8.96. The minimum absolute atomic E-state index is 0.158. The second kappa shape index (κ2) is 5.68. The number of ether oxygens (including phenoxy) is 2. The quantitative estimate of drug-likeness (QED) is 0.510. The SMILES string of the molecule is COC(=O)N1c2ccccc2[C@]23CCN4CC=C[C@@]5(CC[C@@]12[C@@](O)(C(=O)OC)[C@H]5O)[C@@H]43. The van der Waals surface area contributed by atoms with E-state index in [1.54, 1.807) is 0 Å². The van der Waals surface area contributed by atoms with E-state index in [4.69, 9.17) is 9.47 Å². The molecule has 3 spiro atoms. The number of anilines is 1. The highest BCUT2D eigenvalue weighted by Gasteiger charge is 2.89. The van der Waals surface area contributed by atoms with E-state index in [0.717, 1.165) is 18.7 Å². The van der Waals surface area contributed by atoms with Gasteiger partial charge in [0.15, 0.2) is 0 Å². The minimum Gasteiger partial charge on any atom is -0.467 e. The van der Waals surface area contributed by atoms with Crippen LogP contribution in [0, 0.1) is 5.41 Å². The number of fused-ring (bicyclic) bond motifs is 3. The Morgan fingerprint density at radius 2 is 1.90 bits per heavy atom. The highest BCUT2D eigenvalue weighted by Crippen LogP contribution is 2.76. The average molecular weight is 426 g/mol. The molecule has 1 aromatic carbocycles. The third-order valence-corrected chi connectivity index (χ3v) is 8.96. The van der Waals surface area contributed by atoms with Gasteiger partial charge in [-0.2, -0.15) is 0 Å². The number of aliphatic hydroxyl groups excluding tert-OH is 1. The second-order valence-corrected chi connectivity index (χ2v) is 9.48. The zero-order valence-electron chi connectivity index (χ0n) is 17.6. The van der Waals surface area contributed by atoms with Crippen molar-refractivity contribution in [2.45, 2.75) is 48.0 Å². The van der Waals surface area contributed by atoms with Crippen LogP contribution < -0.4 is 4.90 Å². The normalized spacial score (nSPS) is 43.9. The largest absolute Gasteiger partial charge is 0.467 e. The number of hydrogen-bond acceptors (Lipinski definition) is 7. The van der Waals surface area contributed by atoms with E-state index >= 15 is 0 Å². The number of carbonyl (C=O) groups is 2. The van der Waals surface area contributed by atoms with Gasteiger partial charge in [0.1, 0.15) is 11.6 Å². The van der Waals surface area contributed by atoms with E-state index in [0.29, 0.717) is 24.9 Å². The number of aliphatic hydroxyl groups is 2. The molecule has 6 atom stereocenters. The van der Waals surface area contributed by atoms with Crippen LogP contribution in [0.1, 0.15) is 24.8 Å². The molecule has 3 heterocycles. The fraction of sp³-hybridized carbons (Fsp3) is 0.565. The smallest absolute Gasteiger partial charge is 0.414 e. The standard InChI is InChI=1S/C23H26N2O6/c1-30-18(27)23(29)17(26)20-8-5-12-24-13-11-21(16(20)24)14-6-3-4-7-15(14)25(19(28)31-2)22(21,23)10-9-20/h3-8,16-17,26,29H,9-13H2,1-2H3/t16-,17+,20-,21+,22-,23+/m1/s1. The van der Waals surface area contributed by atoms with Crippen LogP contribution in [0.25, 0.3) is 0 Å². The molecule has 0 unspecified atom stereocenters. The highest BCUT2D eigenvalue weighted by atomic mass is 16.6. The van der Waals surface area contributed by atoms with E-state index < -0.39 is 40.1 Å². The van der Waals surface area contributed by atoms with Gasteiger partial charge in [-0.15, -0.1) is 0 Å². The van der Waals surface area contributed by atoms with Gasteiger partial charge < -0.3 is 19.7 Å². The molecule has 0 radical (unpaired) electrons. The van der Waals surface area contributed by atoms with Crippen LogP contribution in [0.15, 0.2) is 36.4 Å². The van der Waals surface area contributed by atoms with Crippen LogP contribution in [0.4, 0.5) is 10.5 Å². The molecule has 3 aliphatic heterocycles. The number of amides is 1. The van der Waals surface area contributed by atoms with Crippen molar-refractivity contribution in [3.8, 4) is 0 Å². The number of para-hydroxylation sites is 1. The van der Waals surface area contributed by atoms with Crippen LogP contribution >= 0.6 is 0 Å². The number of carbonyl (C=O) groups excluding carboxylic acids is 2. The van der Waals surface area contributed by atoms with Crippen molar-refractivity contribution in [1.82, 2.24) is 4.90 Å². The number of nitrogens with zero attached hydrogens (tertiary/aromatic N) is 2. The van der Waals surface area contributed by atoms with Gasteiger partial charge in [-0.1, -0.05) is 30.4 Å². The van der Waals surface area contributed by atoms with Crippen molar-refractivity contribution in [2.24, 2.45) is 5.41 Å². The molecule has 8 nitrogen and oxygen atoms in total. The summed E-state index contributed by atoms with van der Waals surface area (Å²) >= 11 is 0. The van der Waals surface area contributed by atoms with Gasteiger partial charge in [0.25, 0.3) is 0 Å². The summed E-state index contributed by atoms with van der Waals surface area (Å²) < 4.78 is 10.3. The molecular formula is C23H26N2O6. The Morgan fingerprint density at radius 1 is 1.13 bits per heavy atom. The lowest BCUT2D eigenvalue weighted by atomic mass is 9.37. The van der Waals surface area contributed by atoms with E-state index in [1.165, 1.54) is 19.1 Å². The van der Waals surface area contributed by atoms with Crippen LogP contribution in [-0.4, -0.2) is 77.8 Å². The first kappa shape index (κ1) is 19.3. The van der Waals surface area contributed by atoms with Gasteiger partial charge in [-0.25, -0.2) is 9.59 Å². The molecule has 1 amide bonds. The van der Waals surface area contributed by atoms with Crippen molar-refractivity contribution < 1.29 is 29.3 Å². The second-order valence-electron chi connectivity index (χ2n) is 9.48. The molecule has 3 saturated carbocycles. The first-order valence-electron chi connectivity index (χ1n) is 10.7. The molecule has 2 bridgehead atoms. The highest BCUT2D eigenvalue weighted by molar-refractivity contribution is 5.99. The number of rotatable bonds is 1. The van der Waals surface area contributed by atoms with Gasteiger partial charge in [0.05, 0.1) is 19.9 Å². The maximum atomic E-state index is 13.3. The number of hydrogen-bond donors (Lipinski definition) is 2. The molecule has 1 aromatic rings. The first-order valence-corrected chi connectivity index (χ1v) is 10.7. The molecule has 4 fully saturated rings. The van der Waals surface area contributed by atoms with Crippen molar-refractivity contribution in [3.63, 3.8) is 0 Å². The Balaban J connectivity index is 1.77. The molecule has 7 rings (SSSR count). The molecule has 3 aliphatic carbocycles. The molecule has 8 heteroatoms. The lowest BCUT2D eigenvalue weighted by molar-refractivity contribution is -0.262. The van der Waals surface area contributed by atoms with Crippen LogP contribution in [0.2, 0.25) is 0 Å². The molecule has 2 N–H and O–H groups in total. The van der Waals surface area contributed by atoms with Crippen LogP contribution in [0.3, 0.4) is 0 Å². The van der Waals surface area contributed by atoms with Gasteiger partial charge in [0, 0.05) is 23.4 Å². The number of methoxy groups -OCH3 is 2. The van der Waals surface area contributed by atoms with Gasteiger partial charge >= 0.3 is 12.1 Å². The van der Waals surface area contributed by atoms with Crippen molar-refractivity contribution >= 4 is 17.7 Å². The number of esters is 1. The Kier molecular flexibility index (Phi) is 3.53.